The first-order valence-corrected chi connectivity index (χ1v) is 6.00. The number of rotatable bonds is 2. The lowest BCUT2D eigenvalue weighted by Gasteiger charge is -2.41. The summed E-state index contributed by atoms with van der Waals surface area (Å²) >= 11 is 0. The lowest BCUT2D eigenvalue weighted by atomic mass is 9.98. The highest BCUT2D eigenvalue weighted by molar-refractivity contribution is 5.28. The first-order valence-electron chi connectivity index (χ1n) is 6.00. The van der Waals surface area contributed by atoms with Gasteiger partial charge in [-0.3, -0.25) is 4.90 Å². The van der Waals surface area contributed by atoms with Gasteiger partial charge in [-0.15, -0.1) is 0 Å². The van der Waals surface area contributed by atoms with Gasteiger partial charge in [0.1, 0.15) is 30.6 Å². The molecular formula is C11H17NO6. The Labute approximate surface area is 104 Å². The van der Waals surface area contributed by atoms with Crippen LogP contribution in [0.4, 0.5) is 0 Å². The van der Waals surface area contributed by atoms with Crippen LogP contribution >= 0.6 is 0 Å². The largest absolute Gasteiger partial charge is 0.394 e. The molecule has 0 bridgehead atoms. The van der Waals surface area contributed by atoms with E-state index >= 15 is 0 Å². The van der Waals surface area contributed by atoms with Crippen LogP contribution in [0.3, 0.4) is 0 Å². The number of aliphatic hydroxyl groups excluding tert-OH is 5. The first-order chi connectivity index (χ1) is 8.56. The molecule has 102 valence electrons. The standard InChI is InChI=1S/C11H17NO6/c13-3-6-8(15)9(16)10(17)11(18-6)12-4-1-2-5(14)7(4)12/h1-2,4-11,13-17H,3H2/t4-,5-,6-,7-,8-,9+,10-,11+,12?/m1/s1. The highest BCUT2D eigenvalue weighted by Gasteiger charge is 2.60. The van der Waals surface area contributed by atoms with Crippen LogP contribution in [0.2, 0.25) is 0 Å². The second kappa shape index (κ2) is 4.24. The van der Waals surface area contributed by atoms with Gasteiger partial charge in [0.15, 0.2) is 0 Å². The number of nitrogens with zero attached hydrogens (tertiary/aromatic N) is 1. The van der Waals surface area contributed by atoms with Gasteiger partial charge >= 0.3 is 0 Å². The number of hydrogen-bond donors (Lipinski definition) is 5. The number of hydrogen-bond acceptors (Lipinski definition) is 7. The van der Waals surface area contributed by atoms with Crippen molar-refractivity contribution in [1.29, 1.82) is 0 Å². The molecule has 0 spiro atoms. The van der Waals surface area contributed by atoms with E-state index < -0.39 is 43.4 Å². The molecule has 7 heteroatoms. The van der Waals surface area contributed by atoms with Crippen LogP contribution in [0.25, 0.3) is 0 Å². The van der Waals surface area contributed by atoms with Crippen molar-refractivity contribution in [3.63, 3.8) is 0 Å². The zero-order valence-electron chi connectivity index (χ0n) is 9.57. The molecule has 0 aromatic carbocycles. The number of ether oxygens (including phenoxy) is 1. The van der Waals surface area contributed by atoms with Crippen LogP contribution < -0.4 is 0 Å². The first kappa shape index (κ1) is 12.5. The maximum absolute atomic E-state index is 9.91. The Kier molecular flexibility index (Phi) is 2.94. The summed E-state index contributed by atoms with van der Waals surface area (Å²) in [6.45, 7) is -0.441. The third kappa shape index (κ3) is 1.64. The summed E-state index contributed by atoms with van der Waals surface area (Å²) in [4.78, 5) is 1.73. The molecule has 1 unspecified atom stereocenters. The summed E-state index contributed by atoms with van der Waals surface area (Å²) in [6.07, 6.45) is -2.83. The lowest BCUT2D eigenvalue weighted by molar-refractivity contribution is -0.253. The van der Waals surface area contributed by atoms with E-state index in [0.29, 0.717) is 0 Å². The second-order valence-electron chi connectivity index (χ2n) is 5.02. The fraction of sp³-hybridized carbons (Fsp3) is 0.818. The van der Waals surface area contributed by atoms with Crippen LogP contribution in [0.15, 0.2) is 12.2 Å². The van der Waals surface area contributed by atoms with E-state index in [2.05, 4.69) is 0 Å². The monoisotopic (exact) mass is 259 g/mol. The maximum atomic E-state index is 9.91. The third-order valence-corrected chi connectivity index (χ3v) is 3.96. The fourth-order valence-corrected chi connectivity index (χ4v) is 2.89. The molecule has 2 heterocycles. The smallest absolute Gasteiger partial charge is 0.141 e. The Hall–Kier alpha value is -0.540. The molecule has 0 radical (unpaired) electrons. The Morgan fingerprint density at radius 1 is 1.00 bits per heavy atom. The molecule has 3 rings (SSSR count). The third-order valence-electron chi connectivity index (χ3n) is 3.96. The molecule has 18 heavy (non-hydrogen) atoms. The molecule has 7 nitrogen and oxygen atoms in total. The van der Waals surface area contributed by atoms with E-state index in [-0.39, 0.29) is 12.1 Å². The van der Waals surface area contributed by atoms with Gasteiger partial charge in [-0.05, 0) is 0 Å². The van der Waals surface area contributed by atoms with Crippen molar-refractivity contribution in [3.05, 3.63) is 12.2 Å². The van der Waals surface area contributed by atoms with Gasteiger partial charge in [-0.1, -0.05) is 12.2 Å². The minimum atomic E-state index is -1.37. The summed E-state index contributed by atoms with van der Waals surface area (Å²) in [5, 5.41) is 48.0. The Morgan fingerprint density at radius 2 is 1.72 bits per heavy atom. The number of aliphatic hydroxyl groups is 5. The van der Waals surface area contributed by atoms with E-state index in [1.807, 2.05) is 6.08 Å². The quantitative estimate of drug-likeness (QED) is 0.262. The van der Waals surface area contributed by atoms with Crippen molar-refractivity contribution in [3.8, 4) is 0 Å². The summed E-state index contributed by atoms with van der Waals surface area (Å²) in [7, 11) is 0. The van der Waals surface area contributed by atoms with Gasteiger partial charge in [-0.25, -0.2) is 0 Å². The average molecular weight is 259 g/mol. The highest BCUT2D eigenvalue weighted by Crippen LogP contribution is 2.42. The average Bonchev–Trinajstić information content (AvgIpc) is 2.96. The van der Waals surface area contributed by atoms with Crippen LogP contribution in [0.5, 0.6) is 0 Å². The van der Waals surface area contributed by atoms with Crippen molar-refractivity contribution in [1.82, 2.24) is 4.90 Å². The predicted octanol–water partition coefficient (Wildman–Crippen LogP) is -3.23. The van der Waals surface area contributed by atoms with E-state index in [0.717, 1.165) is 0 Å². The van der Waals surface area contributed by atoms with Crippen molar-refractivity contribution in [2.24, 2.45) is 0 Å². The van der Waals surface area contributed by atoms with Crippen molar-refractivity contribution in [2.75, 3.05) is 6.61 Å². The fourth-order valence-electron chi connectivity index (χ4n) is 2.89. The predicted molar refractivity (Wildman–Crippen MR) is 58.3 cm³/mol. The zero-order chi connectivity index (χ0) is 13.0. The molecule has 2 fully saturated rings. The van der Waals surface area contributed by atoms with Crippen molar-refractivity contribution < 1.29 is 30.3 Å². The summed E-state index contributed by atoms with van der Waals surface area (Å²) in [5.74, 6) is 0. The summed E-state index contributed by atoms with van der Waals surface area (Å²) in [6, 6.07) is -0.159. The summed E-state index contributed by atoms with van der Waals surface area (Å²) in [5.41, 5.74) is 0. The van der Waals surface area contributed by atoms with E-state index in [4.69, 9.17) is 9.84 Å². The van der Waals surface area contributed by atoms with E-state index in [1.54, 1.807) is 11.0 Å². The van der Waals surface area contributed by atoms with Crippen LogP contribution in [-0.2, 0) is 4.74 Å². The lowest BCUT2D eigenvalue weighted by Crippen LogP contribution is -2.61. The molecule has 0 aromatic heterocycles. The van der Waals surface area contributed by atoms with Crippen molar-refractivity contribution >= 4 is 0 Å². The molecule has 0 amide bonds. The highest BCUT2D eigenvalue weighted by atomic mass is 16.6. The van der Waals surface area contributed by atoms with Gasteiger partial charge in [-0.2, -0.15) is 0 Å². The van der Waals surface area contributed by atoms with Crippen LogP contribution in [-0.4, -0.2) is 85.9 Å². The Bertz CT molecular complexity index is 361. The van der Waals surface area contributed by atoms with Crippen LogP contribution in [0.1, 0.15) is 0 Å². The van der Waals surface area contributed by atoms with Gasteiger partial charge in [0.25, 0.3) is 0 Å². The topological polar surface area (TPSA) is 113 Å². The van der Waals surface area contributed by atoms with Gasteiger partial charge in [0, 0.05) is 6.04 Å². The SMILES string of the molecule is OC[C@H]1O[C@H](N2[C@H]3[C@H](O)C=C[C@H]32)[C@H](O)[C@@H](O)[C@@H]1O. The summed E-state index contributed by atoms with van der Waals surface area (Å²) < 4.78 is 5.41. The van der Waals surface area contributed by atoms with Crippen molar-refractivity contribution in [2.45, 2.75) is 48.8 Å². The molecule has 9 atom stereocenters. The molecular weight excluding hydrogens is 242 g/mol. The molecule has 0 saturated carbocycles. The number of fused-ring (bicyclic) bond motifs is 1. The van der Waals surface area contributed by atoms with Gasteiger partial charge in [0.05, 0.1) is 18.8 Å². The Morgan fingerprint density at radius 3 is 2.28 bits per heavy atom. The van der Waals surface area contributed by atoms with Crippen LogP contribution in [0, 0.1) is 0 Å². The zero-order valence-corrected chi connectivity index (χ0v) is 9.57. The molecule has 5 N–H and O–H groups in total. The molecule has 0 aromatic rings. The molecule has 3 aliphatic rings. The second-order valence-corrected chi connectivity index (χ2v) is 5.02. The molecule has 1 aliphatic carbocycles. The molecule has 2 saturated heterocycles. The van der Waals surface area contributed by atoms with E-state index in [1.165, 1.54) is 0 Å². The van der Waals surface area contributed by atoms with E-state index in [9.17, 15) is 20.4 Å². The van der Waals surface area contributed by atoms with Gasteiger partial charge in [0.2, 0.25) is 0 Å². The minimum absolute atomic E-state index is 0.0126. The Balaban J connectivity index is 1.75. The maximum Gasteiger partial charge on any atom is 0.141 e. The normalized spacial score (nSPS) is 58.6. The minimum Gasteiger partial charge on any atom is -0.394 e. The molecule has 2 aliphatic heterocycles. The van der Waals surface area contributed by atoms with Gasteiger partial charge < -0.3 is 30.3 Å².